The Morgan fingerprint density at radius 3 is 1.56 bits per heavy atom. The first-order valence-electron chi connectivity index (χ1n) is 6.23. The lowest BCUT2D eigenvalue weighted by atomic mass is 9.99. The molecule has 0 aliphatic carbocycles. The minimum Gasteiger partial charge on any atom is -0.235 e. The van der Waals surface area contributed by atoms with Crippen molar-refractivity contribution in [1.29, 1.82) is 0 Å². The number of pyridine rings is 1. The lowest BCUT2D eigenvalue weighted by Crippen LogP contribution is -2.13. The van der Waals surface area contributed by atoms with Crippen LogP contribution in [0.4, 0.5) is 39.5 Å². The van der Waals surface area contributed by atoms with Gasteiger partial charge in [-0.2, -0.15) is 39.5 Å². The molecule has 0 amide bonds. The summed E-state index contributed by atoms with van der Waals surface area (Å²) >= 11 is 5.45. The molecule has 0 N–H and O–H groups in total. The van der Waals surface area contributed by atoms with Gasteiger partial charge >= 0.3 is 18.5 Å². The maximum absolute atomic E-state index is 13.0. The molecule has 0 saturated carbocycles. The number of aromatic nitrogens is 1. The molecule has 25 heavy (non-hydrogen) atoms. The fourth-order valence-electron chi connectivity index (χ4n) is 1.98. The second-order valence-electron chi connectivity index (χ2n) is 4.82. The van der Waals surface area contributed by atoms with Crippen LogP contribution in [0.3, 0.4) is 0 Å². The average molecular weight is 394 g/mol. The SMILES string of the molecule is FC(F)(F)c1cc(-c2nc(Cl)ccc2C(F)(F)F)cc(C(F)(F)F)c1. The molecular weight excluding hydrogens is 389 g/mol. The molecule has 0 unspecified atom stereocenters. The van der Waals surface area contributed by atoms with Crippen molar-refractivity contribution in [3.63, 3.8) is 0 Å². The van der Waals surface area contributed by atoms with Crippen molar-refractivity contribution in [2.24, 2.45) is 0 Å². The van der Waals surface area contributed by atoms with Crippen molar-refractivity contribution in [2.45, 2.75) is 18.5 Å². The van der Waals surface area contributed by atoms with E-state index in [0.717, 1.165) is 6.07 Å². The van der Waals surface area contributed by atoms with E-state index in [1.165, 1.54) is 0 Å². The van der Waals surface area contributed by atoms with Gasteiger partial charge in [0, 0.05) is 5.56 Å². The number of hydrogen-bond donors (Lipinski definition) is 0. The molecule has 136 valence electrons. The van der Waals surface area contributed by atoms with Gasteiger partial charge in [-0.15, -0.1) is 0 Å². The zero-order chi connectivity index (χ0) is 19.2. The Bertz CT molecular complexity index is 758. The molecule has 1 heterocycles. The molecule has 0 radical (unpaired) electrons. The number of nitrogens with zero attached hydrogens (tertiary/aromatic N) is 1. The van der Waals surface area contributed by atoms with Gasteiger partial charge in [0.1, 0.15) is 5.15 Å². The van der Waals surface area contributed by atoms with Crippen LogP contribution < -0.4 is 0 Å². The van der Waals surface area contributed by atoms with E-state index in [4.69, 9.17) is 11.6 Å². The topological polar surface area (TPSA) is 12.9 Å². The van der Waals surface area contributed by atoms with Crippen molar-refractivity contribution in [1.82, 2.24) is 4.98 Å². The molecule has 1 nitrogen and oxygen atoms in total. The fourth-order valence-corrected chi connectivity index (χ4v) is 2.12. The van der Waals surface area contributed by atoms with E-state index in [-0.39, 0.29) is 18.2 Å². The third-order valence-corrected chi connectivity index (χ3v) is 3.24. The summed E-state index contributed by atoms with van der Waals surface area (Å²) in [6.07, 6.45) is -15.5. The van der Waals surface area contributed by atoms with Gasteiger partial charge in [0.05, 0.1) is 22.4 Å². The van der Waals surface area contributed by atoms with Gasteiger partial charge in [-0.25, -0.2) is 4.98 Å². The summed E-state index contributed by atoms with van der Waals surface area (Å²) in [7, 11) is 0. The number of halogens is 10. The first kappa shape index (κ1) is 19.4. The summed E-state index contributed by atoms with van der Waals surface area (Å²) < 4.78 is 116. The highest BCUT2D eigenvalue weighted by atomic mass is 35.5. The molecule has 2 rings (SSSR count). The van der Waals surface area contributed by atoms with E-state index in [1.807, 2.05) is 0 Å². The highest BCUT2D eigenvalue weighted by Gasteiger charge is 2.39. The summed E-state index contributed by atoms with van der Waals surface area (Å²) in [6, 6.07) is 1.28. The molecule has 0 saturated heterocycles. The number of hydrogen-bond acceptors (Lipinski definition) is 1. The van der Waals surface area contributed by atoms with Crippen LogP contribution in [0, 0.1) is 0 Å². The van der Waals surface area contributed by atoms with Gasteiger partial charge in [-0.1, -0.05) is 11.6 Å². The van der Waals surface area contributed by atoms with Crippen LogP contribution in [0.2, 0.25) is 5.15 Å². The molecule has 0 fully saturated rings. The van der Waals surface area contributed by atoms with Crippen LogP contribution in [0.25, 0.3) is 11.3 Å². The molecular formula is C14H5ClF9N. The van der Waals surface area contributed by atoms with Crippen LogP contribution in [0.1, 0.15) is 16.7 Å². The monoisotopic (exact) mass is 393 g/mol. The van der Waals surface area contributed by atoms with Crippen molar-refractivity contribution < 1.29 is 39.5 Å². The van der Waals surface area contributed by atoms with Crippen LogP contribution in [0.5, 0.6) is 0 Å². The van der Waals surface area contributed by atoms with E-state index in [2.05, 4.69) is 4.98 Å². The van der Waals surface area contributed by atoms with E-state index in [1.54, 1.807) is 0 Å². The van der Waals surface area contributed by atoms with E-state index < -0.39 is 51.6 Å². The minimum atomic E-state index is -5.20. The van der Waals surface area contributed by atoms with E-state index in [9.17, 15) is 39.5 Å². The maximum atomic E-state index is 13.0. The predicted octanol–water partition coefficient (Wildman–Crippen LogP) is 6.46. The first-order valence-corrected chi connectivity index (χ1v) is 6.61. The van der Waals surface area contributed by atoms with E-state index >= 15 is 0 Å². The molecule has 1 aromatic carbocycles. The second kappa shape index (κ2) is 6.08. The highest BCUT2D eigenvalue weighted by Crippen LogP contribution is 2.41. The standard InChI is InChI=1S/C14H5ClF9N/c15-10-2-1-9(14(22,23)24)11(25-10)6-3-7(12(16,17)18)5-8(4-6)13(19,20)21/h1-5H. The van der Waals surface area contributed by atoms with Crippen LogP contribution in [-0.2, 0) is 18.5 Å². The Labute approximate surface area is 139 Å². The summed E-state index contributed by atoms with van der Waals surface area (Å²) in [5.41, 5.74) is -7.16. The largest absolute Gasteiger partial charge is 0.418 e. The molecule has 0 spiro atoms. The van der Waals surface area contributed by atoms with E-state index in [0.29, 0.717) is 6.07 Å². The number of alkyl halides is 9. The van der Waals surface area contributed by atoms with Crippen molar-refractivity contribution >= 4 is 11.6 Å². The Kier molecular flexibility index (Phi) is 4.71. The molecule has 1 aromatic heterocycles. The van der Waals surface area contributed by atoms with Gasteiger partial charge in [0.25, 0.3) is 0 Å². The predicted molar refractivity (Wildman–Crippen MR) is 69.7 cm³/mol. The molecule has 11 heteroatoms. The molecule has 0 bridgehead atoms. The molecule has 0 atom stereocenters. The fraction of sp³-hybridized carbons (Fsp3) is 0.214. The maximum Gasteiger partial charge on any atom is 0.418 e. The van der Waals surface area contributed by atoms with Crippen molar-refractivity contribution in [3.05, 3.63) is 52.2 Å². The Hall–Kier alpha value is -1.97. The lowest BCUT2D eigenvalue weighted by Gasteiger charge is -2.16. The normalized spacial score (nSPS) is 13.2. The van der Waals surface area contributed by atoms with Crippen LogP contribution >= 0.6 is 11.6 Å². The van der Waals surface area contributed by atoms with Crippen LogP contribution in [0.15, 0.2) is 30.3 Å². The Balaban J connectivity index is 2.82. The summed E-state index contributed by atoms with van der Waals surface area (Å²) in [6.45, 7) is 0. The smallest absolute Gasteiger partial charge is 0.235 e. The zero-order valence-corrected chi connectivity index (χ0v) is 12.4. The minimum absolute atomic E-state index is 0.156. The van der Waals surface area contributed by atoms with Gasteiger partial charge in [-0.05, 0) is 30.3 Å². The molecule has 0 aliphatic rings. The van der Waals surface area contributed by atoms with Crippen LogP contribution in [-0.4, -0.2) is 4.98 Å². The first-order chi connectivity index (χ1) is 11.2. The quantitative estimate of drug-likeness (QED) is 0.400. The van der Waals surface area contributed by atoms with Crippen molar-refractivity contribution in [3.8, 4) is 11.3 Å². The zero-order valence-electron chi connectivity index (χ0n) is 11.6. The van der Waals surface area contributed by atoms with Gasteiger partial charge in [-0.3, -0.25) is 0 Å². The molecule has 2 aromatic rings. The third-order valence-electron chi connectivity index (χ3n) is 3.03. The Morgan fingerprint density at radius 2 is 1.16 bits per heavy atom. The second-order valence-corrected chi connectivity index (χ2v) is 5.21. The number of benzene rings is 1. The molecule has 0 aliphatic heterocycles. The van der Waals surface area contributed by atoms with Gasteiger partial charge < -0.3 is 0 Å². The highest BCUT2D eigenvalue weighted by molar-refractivity contribution is 6.29. The summed E-state index contributed by atoms with van der Waals surface area (Å²) in [4.78, 5) is 3.27. The third kappa shape index (κ3) is 4.36. The Morgan fingerprint density at radius 1 is 0.680 bits per heavy atom. The average Bonchev–Trinajstić information content (AvgIpc) is 2.43. The van der Waals surface area contributed by atoms with Crippen molar-refractivity contribution in [2.75, 3.05) is 0 Å². The lowest BCUT2D eigenvalue weighted by molar-refractivity contribution is -0.143. The van der Waals surface area contributed by atoms with Gasteiger partial charge in [0.15, 0.2) is 0 Å². The number of rotatable bonds is 1. The summed E-state index contributed by atoms with van der Waals surface area (Å²) in [5, 5.41) is -0.519. The van der Waals surface area contributed by atoms with Gasteiger partial charge in [0.2, 0.25) is 0 Å². The summed E-state index contributed by atoms with van der Waals surface area (Å²) in [5.74, 6) is 0.